The summed E-state index contributed by atoms with van der Waals surface area (Å²) < 4.78 is 0. The molecule has 0 aromatic rings. The molecule has 1 fully saturated rings. The molecule has 1 amide bonds. The molecule has 0 aromatic carbocycles. The maximum absolute atomic E-state index is 12.1. The second-order valence-electron chi connectivity index (χ2n) is 6.46. The van der Waals surface area contributed by atoms with Crippen molar-refractivity contribution in [2.24, 2.45) is 11.1 Å². The number of amides is 1. The Bertz CT molecular complexity index is 252. The molecule has 0 spiro atoms. The van der Waals surface area contributed by atoms with Crippen LogP contribution in [0.25, 0.3) is 0 Å². The highest BCUT2D eigenvalue weighted by molar-refractivity contribution is 5.76. The quantitative estimate of drug-likeness (QED) is 0.754. The first-order valence-corrected chi connectivity index (χ1v) is 7.12. The van der Waals surface area contributed by atoms with Crippen molar-refractivity contribution >= 4 is 5.91 Å². The first-order chi connectivity index (χ1) is 8.42. The van der Waals surface area contributed by atoms with Crippen LogP contribution in [0.3, 0.4) is 0 Å². The first kappa shape index (κ1) is 15.4. The fraction of sp³-hybridized carbons (Fsp3) is 0.929. The van der Waals surface area contributed by atoms with Gasteiger partial charge in [-0.2, -0.15) is 0 Å². The van der Waals surface area contributed by atoms with E-state index in [2.05, 4.69) is 25.7 Å². The molecule has 0 aliphatic carbocycles. The van der Waals surface area contributed by atoms with E-state index in [-0.39, 0.29) is 5.41 Å². The van der Waals surface area contributed by atoms with Gasteiger partial charge in [-0.05, 0) is 31.3 Å². The highest BCUT2D eigenvalue weighted by Crippen LogP contribution is 2.20. The summed E-state index contributed by atoms with van der Waals surface area (Å²) in [6.07, 6.45) is 2.93. The minimum Gasteiger partial charge on any atom is -0.340 e. The largest absolute Gasteiger partial charge is 0.340 e. The molecule has 0 radical (unpaired) electrons. The lowest BCUT2D eigenvalue weighted by molar-refractivity contribution is -0.134. The lowest BCUT2D eigenvalue weighted by Gasteiger charge is -2.36. The van der Waals surface area contributed by atoms with Crippen LogP contribution in [0.15, 0.2) is 0 Å². The first-order valence-electron chi connectivity index (χ1n) is 7.12. The van der Waals surface area contributed by atoms with E-state index in [1.807, 2.05) is 4.90 Å². The number of unbranched alkanes of at least 4 members (excludes halogenated alkanes) is 1. The molecule has 0 unspecified atom stereocenters. The number of nitrogens with zero attached hydrogens (tertiary/aromatic N) is 2. The fourth-order valence-corrected chi connectivity index (χ4v) is 2.27. The molecule has 0 saturated carbocycles. The number of carbonyl (C=O) groups is 1. The zero-order valence-corrected chi connectivity index (χ0v) is 12.2. The van der Waals surface area contributed by atoms with Gasteiger partial charge in [0.1, 0.15) is 0 Å². The predicted octanol–water partition coefficient (Wildman–Crippen LogP) is 1.31. The van der Waals surface area contributed by atoms with E-state index >= 15 is 0 Å². The third-order valence-electron chi connectivity index (χ3n) is 3.34. The molecule has 2 N–H and O–H groups in total. The van der Waals surface area contributed by atoms with Crippen molar-refractivity contribution in [1.82, 2.24) is 9.80 Å². The Morgan fingerprint density at radius 1 is 1.11 bits per heavy atom. The van der Waals surface area contributed by atoms with Crippen LogP contribution in [0.2, 0.25) is 0 Å². The molecule has 0 atom stereocenters. The van der Waals surface area contributed by atoms with E-state index in [1.54, 1.807) is 0 Å². The van der Waals surface area contributed by atoms with E-state index in [1.165, 1.54) is 6.42 Å². The molecular weight excluding hydrogens is 226 g/mol. The minimum absolute atomic E-state index is 0.0926. The van der Waals surface area contributed by atoms with Gasteiger partial charge in [-0.25, -0.2) is 0 Å². The second kappa shape index (κ2) is 7.10. The van der Waals surface area contributed by atoms with Gasteiger partial charge in [-0.3, -0.25) is 9.69 Å². The van der Waals surface area contributed by atoms with Crippen molar-refractivity contribution < 1.29 is 4.79 Å². The van der Waals surface area contributed by atoms with Crippen LogP contribution in [0.1, 0.15) is 40.0 Å². The summed E-state index contributed by atoms with van der Waals surface area (Å²) >= 11 is 0. The van der Waals surface area contributed by atoms with Gasteiger partial charge < -0.3 is 10.6 Å². The van der Waals surface area contributed by atoms with E-state index in [4.69, 9.17) is 5.73 Å². The Balaban J connectivity index is 2.24. The van der Waals surface area contributed by atoms with Crippen LogP contribution in [-0.2, 0) is 4.79 Å². The number of rotatable bonds is 5. The van der Waals surface area contributed by atoms with Crippen LogP contribution in [-0.4, -0.2) is 55.0 Å². The second-order valence-corrected chi connectivity index (χ2v) is 6.46. The van der Waals surface area contributed by atoms with Crippen molar-refractivity contribution in [1.29, 1.82) is 0 Å². The number of nitrogens with two attached hydrogens (primary N) is 1. The van der Waals surface area contributed by atoms with Gasteiger partial charge in [0, 0.05) is 32.6 Å². The fourth-order valence-electron chi connectivity index (χ4n) is 2.27. The van der Waals surface area contributed by atoms with Crippen LogP contribution in [0.5, 0.6) is 0 Å². The van der Waals surface area contributed by atoms with Crippen molar-refractivity contribution in [2.75, 3.05) is 39.3 Å². The van der Waals surface area contributed by atoms with Crippen LogP contribution in [0, 0.1) is 5.41 Å². The van der Waals surface area contributed by atoms with Gasteiger partial charge in [0.15, 0.2) is 0 Å². The molecule has 106 valence electrons. The molecule has 0 bridgehead atoms. The molecular formula is C14H29N3O. The van der Waals surface area contributed by atoms with Crippen molar-refractivity contribution in [3.63, 3.8) is 0 Å². The molecule has 0 aromatic heterocycles. The zero-order valence-electron chi connectivity index (χ0n) is 12.2. The summed E-state index contributed by atoms with van der Waals surface area (Å²) in [7, 11) is 0. The highest BCUT2D eigenvalue weighted by atomic mass is 16.2. The average Bonchev–Trinajstić information content (AvgIpc) is 2.28. The Kier molecular flexibility index (Phi) is 6.09. The Morgan fingerprint density at radius 3 is 2.22 bits per heavy atom. The van der Waals surface area contributed by atoms with Gasteiger partial charge >= 0.3 is 0 Å². The van der Waals surface area contributed by atoms with Crippen molar-refractivity contribution in [3.8, 4) is 0 Å². The molecule has 1 heterocycles. The summed E-state index contributed by atoms with van der Waals surface area (Å²) in [6, 6.07) is 0. The number of hydrogen-bond donors (Lipinski definition) is 1. The summed E-state index contributed by atoms with van der Waals surface area (Å²) in [5.41, 5.74) is 5.59. The minimum atomic E-state index is 0.0926. The molecule has 18 heavy (non-hydrogen) atoms. The lowest BCUT2D eigenvalue weighted by atomic mass is 9.91. The predicted molar refractivity (Wildman–Crippen MR) is 75.4 cm³/mol. The molecule has 4 nitrogen and oxygen atoms in total. The normalized spacial score (nSPS) is 18.1. The van der Waals surface area contributed by atoms with Gasteiger partial charge in [0.2, 0.25) is 5.91 Å². The average molecular weight is 255 g/mol. The third-order valence-corrected chi connectivity index (χ3v) is 3.34. The number of carbonyl (C=O) groups excluding carboxylic acids is 1. The maximum Gasteiger partial charge on any atom is 0.223 e. The SMILES string of the molecule is CC(C)(C)CC(=O)N1CCN(CCCCN)CC1. The van der Waals surface area contributed by atoms with E-state index in [9.17, 15) is 4.79 Å². The van der Waals surface area contributed by atoms with E-state index in [0.717, 1.165) is 45.7 Å². The van der Waals surface area contributed by atoms with Crippen LogP contribution in [0.4, 0.5) is 0 Å². The van der Waals surface area contributed by atoms with Crippen molar-refractivity contribution in [2.45, 2.75) is 40.0 Å². The van der Waals surface area contributed by atoms with E-state index in [0.29, 0.717) is 12.3 Å². The van der Waals surface area contributed by atoms with E-state index < -0.39 is 0 Å². The topological polar surface area (TPSA) is 49.6 Å². The Hall–Kier alpha value is -0.610. The van der Waals surface area contributed by atoms with Crippen LogP contribution < -0.4 is 5.73 Å². The Labute approximate surface area is 111 Å². The van der Waals surface area contributed by atoms with Crippen molar-refractivity contribution in [3.05, 3.63) is 0 Å². The van der Waals surface area contributed by atoms with Gasteiger partial charge in [-0.1, -0.05) is 20.8 Å². The standard InChI is InChI=1S/C14H29N3O/c1-14(2,3)12-13(18)17-10-8-16(9-11-17)7-5-4-6-15/h4-12,15H2,1-3H3. The summed E-state index contributed by atoms with van der Waals surface area (Å²) in [4.78, 5) is 16.5. The maximum atomic E-state index is 12.1. The van der Waals surface area contributed by atoms with Gasteiger partial charge in [0.25, 0.3) is 0 Å². The highest BCUT2D eigenvalue weighted by Gasteiger charge is 2.24. The molecule has 1 rings (SSSR count). The lowest BCUT2D eigenvalue weighted by Crippen LogP contribution is -2.49. The third kappa shape index (κ3) is 5.83. The van der Waals surface area contributed by atoms with Gasteiger partial charge in [-0.15, -0.1) is 0 Å². The summed E-state index contributed by atoms with van der Waals surface area (Å²) in [5.74, 6) is 0.309. The van der Waals surface area contributed by atoms with Gasteiger partial charge in [0.05, 0.1) is 0 Å². The molecule has 1 aliphatic heterocycles. The number of hydrogen-bond acceptors (Lipinski definition) is 3. The summed E-state index contributed by atoms with van der Waals surface area (Å²) in [5, 5.41) is 0. The molecule has 1 aliphatic rings. The molecule has 1 saturated heterocycles. The zero-order chi connectivity index (χ0) is 13.6. The number of piperazine rings is 1. The monoisotopic (exact) mass is 255 g/mol. The molecule has 4 heteroatoms. The van der Waals surface area contributed by atoms with Crippen LogP contribution >= 0.6 is 0 Å². The summed E-state index contributed by atoms with van der Waals surface area (Å²) in [6.45, 7) is 12.1. The smallest absolute Gasteiger partial charge is 0.223 e. The Morgan fingerprint density at radius 2 is 1.72 bits per heavy atom.